The SMILES string of the molecule is CC(C)CC(OC(=O)C(C)CNC(=O)CNCC=CCCC(C)C1OC1c1ccc(CCl)cc1)C(=O)O. The van der Waals surface area contributed by atoms with Gasteiger partial charge in [0, 0.05) is 19.0 Å². The lowest BCUT2D eigenvalue weighted by Crippen LogP contribution is -2.39. The maximum absolute atomic E-state index is 12.1. The highest BCUT2D eigenvalue weighted by atomic mass is 35.5. The van der Waals surface area contributed by atoms with Crippen molar-refractivity contribution in [2.45, 2.75) is 71.1 Å². The van der Waals surface area contributed by atoms with Gasteiger partial charge in [0.25, 0.3) is 0 Å². The number of esters is 1. The molecule has 1 amide bonds. The number of rotatable bonds is 17. The van der Waals surface area contributed by atoms with Crippen LogP contribution in [0.25, 0.3) is 0 Å². The molecule has 0 bridgehead atoms. The molecule has 0 radical (unpaired) electrons. The molecule has 5 atom stereocenters. The minimum Gasteiger partial charge on any atom is -0.479 e. The number of carboxylic acid groups (broad SMARTS) is 1. The van der Waals surface area contributed by atoms with Crippen molar-refractivity contribution in [1.29, 1.82) is 0 Å². The molecule has 0 aliphatic carbocycles. The van der Waals surface area contributed by atoms with E-state index in [4.69, 9.17) is 21.1 Å². The molecule has 9 heteroatoms. The Labute approximate surface area is 225 Å². The molecule has 1 aromatic carbocycles. The van der Waals surface area contributed by atoms with Gasteiger partial charge in [-0.1, -0.05) is 64.1 Å². The summed E-state index contributed by atoms with van der Waals surface area (Å²) in [5.41, 5.74) is 2.31. The largest absolute Gasteiger partial charge is 0.479 e. The van der Waals surface area contributed by atoms with Gasteiger partial charge in [-0.3, -0.25) is 9.59 Å². The fourth-order valence-corrected chi connectivity index (χ4v) is 4.09. The molecule has 5 unspecified atom stereocenters. The Kier molecular flexibility index (Phi) is 13.1. The van der Waals surface area contributed by atoms with Gasteiger partial charge in [-0.25, -0.2) is 4.79 Å². The summed E-state index contributed by atoms with van der Waals surface area (Å²) >= 11 is 5.85. The van der Waals surface area contributed by atoms with Gasteiger partial charge >= 0.3 is 11.9 Å². The molecule has 37 heavy (non-hydrogen) atoms. The molecule has 0 spiro atoms. The van der Waals surface area contributed by atoms with Gasteiger partial charge in [-0.15, -0.1) is 11.6 Å². The second-order valence-electron chi connectivity index (χ2n) is 10.2. The summed E-state index contributed by atoms with van der Waals surface area (Å²) in [6.45, 7) is 8.29. The number of ether oxygens (including phenoxy) is 2. The topological polar surface area (TPSA) is 117 Å². The highest BCUT2D eigenvalue weighted by Crippen LogP contribution is 2.44. The first-order valence-corrected chi connectivity index (χ1v) is 13.5. The average Bonchev–Trinajstić information content (AvgIpc) is 3.67. The van der Waals surface area contributed by atoms with Gasteiger partial charge < -0.3 is 25.2 Å². The second kappa shape index (κ2) is 15.7. The number of carboxylic acids is 1. The first-order chi connectivity index (χ1) is 17.6. The average molecular weight is 537 g/mol. The molecule has 1 aliphatic rings. The van der Waals surface area contributed by atoms with Crippen LogP contribution in [-0.4, -0.2) is 54.8 Å². The van der Waals surface area contributed by atoms with E-state index >= 15 is 0 Å². The number of amides is 1. The van der Waals surface area contributed by atoms with Gasteiger partial charge in [0.15, 0.2) is 6.10 Å². The normalized spacial score (nSPS) is 19.4. The van der Waals surface area contributed by atoms with Crippen molar-refractivity contribution in [3.05, 3.63) is 47.5 Å². The van der Waals surface area contributed by atoms with Crippen molar-refractivity contribution in [3.63, 3.8) is 0 Å². The lowest BCUT2D eigenvalue weighted by Gasteiger charge is -2.18. The van der Waals surface area contributed by atoms with E-state index in [0.717, 1.165) is 18.4 Å². The Morgan fingerprint density at radius 1 is 1.14 bits per heavy atom. The minimum atomic E-state index is -1.17. The van der Waals surface area contributed by atoms with Crippen LogP contribution >= 0.6 is 11.6 Å². The summed E-state index contributed by atoms with van der Waals surface area (Å²) in [6, 6.07) is 8.26. The summed E-state index contributed by atoms with van der Waals surface area (Å²) in [5, 5.41) is 14.9. The van der Waals surface area contributed by atoms with Crippen LogP contribution in [0.3, 0.4) is 0 Å². The van der Waals surface area contributed by atoms with E-state index in [1.165, 1.54) is 5.56 Å². The summed E-state index contributed by atoms with van der Waals surface area (Å²) < 4.78 is 11.0. The Morgan fingerprint density at radius 2 is 1.84 bits per heavy atom. The maximum atomic E-state index is 12.1. The number of hydrogen-bond acceptors (Lipinski definition) is 6. The number of hydrogen-bond donors (Lipinski definition) is 3. The zero-order valence-electron chi connectivity index (χ0n) is 22.2. The van der Waals surface area contributed by atoms with E-state index < -0.39 is 24.0 Å². The van der Waals surface area contributed by atoms with E-state index in [1.807, 2.05) is 32.1 Å². The van der Waals surface area contributed by atoms with Crippen molar-refractivity contribution in [1.82, 2.24) is 10.6 Å². The van der Waals surface area contributed by atoms with Gasteiger partial charge in [-0.2, -0.15) is 0 Å². The molecule has 1 heterocycles. The summed E-state index contributed by atoms with van der Waals surface area (Å²) in [5.74, 6) is -1.63. The number of alkyl halides is 1. The van der Waals surface area contributed by atoms with Crippen molar-refractivity contribution in [2.24, 2.45) is 17.8 Å². The lowest BCUT2D eigenvalue weighted by atomic mass is 9.96. The number of carbonyl (C=O) groups is 3. The molecule has 0 aromatic heterocycles. The molecule has 8 nitrogen and oxygen atoms in total. The first-order valence-electron chi connectivity index (χ1n) is 13.0. The number of epoxide rings is 1. The van der Waals surface area contributed by atoms with Gasteiger partial charge in [0.2, 0.25) is 5.91 Å². The van der Waals surface area contributed by atoms with Gasteiger partial charge in [-0.05, 0) is 42.2 Å². The van der Waals surface area contributed by atoms with E-state index in [0.29, 0.717) is 18.3 Å². The molecule has 1 fully saturated rings. The Hall–Kier alpha value is -2.42. The summed E-state index contributed by atoms with van der Waals surface area (Å²) in [7, 11) is 0. The zero-order chi connectivity index (χ0) is 27.4. The van der Waals surface area contributed by atoms with Crippen LogP contribution in [0.5, 0.6) is 0 Å². The van der Waals surface area contributed by atoms with Crippen LogP contribution in [0.1, 0.15) is 64.2 Å². The predicted molar refractivity (Wildman–Crippen MR) is 143 cm³/mol. The van der Waals surface area contributed by atoms with E-state index in [2.05, 4.69) is 35.8 Å². The number of nitrogens with one attached hydrogen (secondary N) is 2. The molecule has 2 rings (SSSR count). The van der Waals surface area contributed by atoms with Gasteiger partial charge in [0.1, 0.15) is 6.10 Å². The molecule has 206 valence electrons. The van der Waals surface area contributed by atoms with Crippen molar-refractivity contribution < 1.29 is 29.0 Å². The molecule has 1 aromatic rings. The Bertz CT molecular complexity index is 904. The van der Waals surface area contributed by atoms with Crippen molar-refractivity contribution in [2.75, 3.05) is 19.6 Å². The number of benzene rings is 1. The highest BCUT2D eigenvalue weighted by molar-refractivity contribution is 6.17. The number of carbonyl (C=O) groups excluding carboxylic acids is 2. The lowest BCUT2D eigenvalue weighted by molar-refractivity contribution is -0.167. The molecule has 3 N–H and O–H groups in total. The number of halogens is 1. The summed E-state index contributed by atoms with van der Waals surface area (Å²) in [6.07, 6.45) is 5.54. The number of aliphatic carboxylic acids is 1. The van der Waals surface area contributed by atoms with Crippen LogP contribution < -0.4 is 10.6 Å². The van der Waals surface area contributed by atoms with Crippen LogP contribution in [0.15, 0.2) is 36.4 Å². The van der Waals surface area contributed by atoms with Crippen molar-refractivity contribution in [3.8, 4) is 0 Å². The standard InChI is InChI=1S/C28H41ClN2O6/c1-18(2)14-23(27(33)34)36-28(35)20(4)16-31-24(32)17-30-13-7-5-6-8-19(3)25-26(37-25)22-11-9-21(15-29)10-12-22/h5,7,9-12,18-20,23,25-26,30H,6,8,13-17H2,1-4H3,(H,31,32)(H,33,34). The van der Waals surface area contributed by atoms with E-state index in [1.54, 1.807) is 6.92 Å². The Morgan fingerprint density at radius 3 is 2.46 bits per heavy atom. The van der Waals surface area contributed by atoms with Crippen LogP contribution in [0.4, 0.5) is 0 Å². The minimum absolute atomic E-state index is 0.0808. The summed E-state index contributed by atoms with van der Waals surface area (Å²) in [4.78, 5) is 35.4. The van der Waals surface area contributed by atoms with Crippen LogP contribution in [0.2, 0.25) is 0 Å². The smallest absolute Gasteiger partial charge is 0.345 e. The fraction of sp³-hybridized carbons (Fsp3) is 0.607. The van der Waals surface area contributed by atoms with E-state index in [-0.39, 0.29) is 43.5 Å². The third kappa shape index (κ3) is 11.2. The zero-order valence-corrected chi connectivity index (χ0v) is 23.0. The van der Waals surface area contributed by atoms with Crippen molar-refractivity contribution >= 4 is 29.4 Å². The third-order valence-electron chi connectivity index (χ3n) is 6.28. The highest BCUT2D eigenvalue weighted by Gasteiger charge is 2.43. The maximum Gasteiger partial charge on any atom is 0.345 e. The molecular formula is C28H41ClN2O6. The van der Waals surface area contributed by atoms with Gasteiger partial charge in [0.05, 0.1) is 18.6 Å². The molecular weight excluding hydrogens is 496 g/mol. The molecule has 1 saturated heterocycles. The Balaban J connectivity index is 1.55. The van der Waals surface area contributed by atoms with Crippen LogP contribution in [0, 0.1) is 17.8 Å². The second-order valence-corrected chi connectivity index (χ2v) is 10.4. The van der Waals surface area contributed by atoms with Crippen LogP contribution in [-0.2, 0) is 29.7 Å². The first kappa shape index (κ1) is 30.8. The van der Waals surface area contributed by atoms with E-state index in [9.17, 15) is 19.5 Å². The number of allylic oxidation sites excluding steroid dienone is 1. The fourth-order valence-electron chi connectivity index (χ4n) is 3.91. The molecule has 0 saturated carbocycles. The quantitative estimate of drug-likeness (QED) is 0.0896. The third-order valence-corrected chi connectivity index (χ3v) is 6.59. The molecule has 1 aliphatic heterocycles. The predicted octanol–water partition coefficient (Wildman–Crippen LogP) is 4.22. The monoisotopic (exact) mass is 536 g/mol.